The predicted molar refractivity (Wildman–Crippen MR) is 97.0 cm³/mol. The van der Waals surface area contributed by atoms with E-state index in [4.69, 9.17) is 4.74 Å². The largest absolute Gasteiger partial charge is 0.497 e. The molecule has 0 aliphatic rings. The minimum atomic E-state index is -4.59. The topological polar surface area (TPSA) is 81.4 Å². The number of hydrazone groups is 1. The first-order valence-electron chi connectivity index (χ1n) is 7.85. The molecule has 0 aliphatic carbocycles. The first-order chi connectivity index (χ1) is 13.3. The number of hydrogen-bond donors (Lipinski definition) is 1. The molecule has 146 valence electrons. The fourth-order valence-electron chi connectivity index (χ4n) is 2.26. The predicted octanol–water partition coefficient (Wildman–Crippen LogP) is 3.43. The third-order valence-corrected chi connectivity index (χ3v) is 4.32. The summed E-state index contributed by atoms with van der Waals surface area (Å²) in [5.74, 6) is -0.0199. The Morgan fingerprint density at radius 3 is 2.86 bits per heavy atom. The molecule has 0 atom stereocenters. The van der Waals surface area contributed by atoms with Crippen LogP contribution in [0.1, 0.15) is 27.4 Å². The Labute approximate surface area is 161 Å². The average Bonchev–Trinajstić information content (AvgIpc) is 3.28. The fourth-order valence-corrected chi connectivity index (χ4v) is 3.02. The van der Waals surface area contributed by atoms with Gasteiger partial charge in [-0.2, -0.15) is 23.4 Å². The van der Waals surface area contributed by atoms with Gasteiger partial charge < -0.3 is 4.74 Å². The van der Waals surface area contributed by atoms with E-state index in [1.165, 1.54) is 25.6 Å². The highest BCUT2D eigenvalue weighted by Gasteiger charge is 2.36. The standard InChI is InChI=1S/C17H14F3N5O2S/c1-10-6-14(17(18,19)20)25(24-10)16-22-13(9-28-16)15(26)23-21-8-11-4-3-5-12(7-11)27-2/h3-9H,1-2H3,(H,23,26)/b21-8-. The number of aromatic nitrogens is 3. The summed E-state index contributed by atoms with van der Waals surface area (Å²) in [6, 6.07) is 7.92. The second kappa shape index (κ2) is 7.80. The van der Waals surface area contributed by atoms with Crippen molar-refractivity contribution in [3.05, 3.63) is 58.4 Å². The summed E-state index contributed by atoms with van der Waals surface area (Å²) >= 11 is 0.869. The Bertz CT molecular complexity index is 1030. The van der Waals surface area contributed by atoms with Crippen molar-refractivity contribution < 1.29 is 22.7 Å². The van der Waals surface area contributed by atoms with Gasteiger partial charge in [0.1, 0.15) is 11.4 Å². The van der Waals surface area contributed by atoms with Crippen molar-refractivity contribution in [3.8, 4) is 10.9 Å². The van der Waals surface area contributed by atoms with Crippen molar-refractivity contribution in [2.75, 3.05) is 7.11 Å². The highest BCUT2D eigenvalue weighted by molar-refractivity contribution is 7.12. The second-order valence-corrected chi connectivity index (χ2v) is 6.41. The van der Waals surface area contributed by atoms with Crippen molar-refractivity contribution in [3.63, 3.8) is 0 Å². The highest BCUT2D eigenvalue weighted by atomic mass is 32.1. The molecule has 3 rings (SSSR count). The number of halogens is 3. The van der Waals surface area contributed by atoms with Crippen LogP contribution in [0.5, 0.6) is 5.75 Å². The molecule has 2 aromatic heterocycles. The lowest BCUT2D eigenvalue weighted by Crippen LogP contribution is -2.18. The van der Waals surface area contributed by atoms with Gasteiger partial charge in [-0.1, -0.05) is 12.1 Å². The van der Waals surface area contributed by atoms with Gasteiger partial charge >= 0.3 is 6.18 Å². The minimum absolute atomic E-state index is 0.0657. The molecule has 0 bridgehead atoms. The van der Waals surface area contributed by atoms with Crippen LogP contribution in [0.2, 0.25) is 0 Å². The Morgan fingerprint density at radius 1 is 1.36 bits per heavy atom. The lowest BCUT2D eigenvalue weighted by Gasteiger charge is -2.07. The van der Waals surface area contributed by atoms with Gasteiger partial charge in [0, 0.05) is 5.38 Å². The first kappa shape index (κ1) is 19.5. The molecule has 0 fully saturated rings. The molecule has 0 saturated heterocycles. The zero-order valence-corrected chi connectivity index (χ0v) is 15.5. The third kappa shape index (κ3) is 4.36. The number of alkyl halides is 3. The zero-order valence-electron chi connectivity index (χ0n) is 14.7. The molecule has 3 aromatic rings. The number of aryl methyl sites for hydroxylation is 1. The summed E-state index contributed by atoms with van der Waals surface area (Å²) < 4.78 is 45.1. The molecule has 1 N–H and O–H groups in total. The first-order valence-corrected chi connectivity index (χ1v) is 8.73. The maximum atomic E-state index is 13.1. The van der Waals surface area contributed by atoms with Gasteiger partial charge in [0.2, 0.25) is 5.13 Å². The quantitative estimate of drug-likeness (QED) is 0.517. The number of methoxy groups -OCH3 is 1. The number of benzene rings is 1. The smallest absolute Gasteiger partial charge is 0.433 e. The number of nitrogens with one attached hydrogen (secondary N) is 1. The van der Waals surface area contributed by atoms with E-state index in [1.807, 2.05) is 0 Å². The molecule has 1 aromatic carbocycles. The Hall–Kier alpha value is -3.21. The van der Waals surface area contributed by atoms with E-state index in [-0.39, 0.29) is 16.5 Å². The maximum absolute atomic E-state index is 13.1. The highest BCUT2D eigenvalue weighted by Crippen LogP contribution is 2.32. The molecule has 7 nitrogen and oxygen atoms in total. The van der Waals surface area contributed by atoms with Crippen LogP contribution in [-0.2, 0) is 6.18 Å². The van der Waals surface area contributed by atoms with Gasteiger partial charge in [-0.25, -0.2) is 15.1 Å². The number of carbonyl (C=O) groups is 1. The summed E-state index contributed by atoms with van der Waals surface area (Å²) in [5.41, 5.74) is 2.15. The molecule has 28 heavy (non-hydrogen) atoms. The second-order valence-electron chi connectivity index (χ2n) is 5.57. The number of nitrogens with zero attached hydrogens (tertiary/aromatic N) is 4. The SMILES string of the molecule is COc1cccc(/C=N\NC(=O)c2csc(-n3nc(C)cc3C(F)(F)F)n2)c1. The molecule has 11 heteroatoms. The molecule has 0 unspecified atom stereocenters. The number of carbonyl (C=O) groups excluding carboxylic acids is 1. The van der Waals surface area contributed by atoms with Crippen molar-refractivity contribution in [2.24, 2.45) is 5.10 Å². The van der Waals surface area contributed by atoms with Gasteiger partial charge in [0.25, 0.3) is 5.91 Å². The summed E-state index contributed by atoms with van der Waals surface area (Å²) in [6.07, 6.45) is -3.18. The Balaban J connectivity index is 1.74. The summed E-state index contributed by atoms with van der Waals surface area (Å²) in [4.78, 5) is 16.1. The van der Waals surface area contributed by atoms with Crippen LogP contribution in [0.25, 0.3) is 5.13 Å². The van der Waals surface area contributed by atoms with E-state index in [1.54, 1.807) is 24.3 Å². The molecule has 0 radical (unpaired) electrons. The van der Waals surface area contributed by atoms with Gasteiger partial charge in [-0.15, -0.1) is 11.3 Å². The molecule has 0 aliphatic heterocycles. The monoisotopic (exact) mass is 409 g/mol. The van der Waals surface area contributed by atoms with Crippen LogP contribution in [-0.4, -0.2) is 34.0 Å². The van der Waals surface area contributed by atoms with E-state index in [9.17, 15) is 18.0 Å². The van der Waals surface area contributed by atoms with Crippen LogP contribution < -0.4 is 10.2 Å². The normalized spacial score (nSPS) is 11.8. The number of hydrogen-bond acceptors (Lipinski definition) is 6. The number of amides is 1. The van der Waals surface area contributed by atoms with Crippen molar-refractivity contribution in [1.82, 2.24) is 20.2 Å². The molecule has 0 saturated carbocycles. The average molecular weight is 409 g/mol. The van der Waals surface area contributed by atoms with E-state index < -0.39 is 17.8 Å². The maximum Gasteiger partial charge on any atom is 0.433 e. The van der Waals surface area contributed by atoms with Gasteiger partial charge in [-0.05, 0) is 30.7 Å². The van der Waals surface area contributed by atoms with Crippen LogP contribution in [0.3, 0.4) is 0 Å². The van der Waals surface area contributed by atoms with Gasteiger partial charge in [-0.3, -0.25) is 4.79 Å². The zero-order chi connectivity index (χ0) is 20.3. The Morgan fingerprint density at radius 2 is 2.14 bits per heavy atom. The molecule has 2 heterocycles. The number of thiazole rings is 1. The van der Waals surface area contributed by atoms with E-state index >= 15 is 0 Å². The van der Waals surface area contributed by atoms with Crippen molar-refractivity contribution in [2.45, 2.75) is 13.1 Å². The van der Waals surface area contributed by atoms with Gasteiger partial charge in [0.05, 0.1) is 19.0 Å². The van der Waals surface area contributed by atoms with Crippen molar-refractivity contribution in [1.29, 1.82) is 0 Å². The third-order valence-electron chi connectivity index (χ3n) is 3.50. The molecule has 0 spiro atoms. The number of rotatable bonds is 5. The van der Waals surface area contributed by atoms with E-state index in [0.29, 0.717) is 16.0 Å². The van der Waals surface area contributed by atoms with Gasteiger partial charge in [0.15, 0.2) is 5.69 Å². The summed E-state index contributed by atoms with van der Waals surface area (Å²) in [5, 5.41) is 8.90. The number of ether oxygens (including phenoxy) is 1. The summed E-state index contributed by atoms with van der Waals surface area (Å²) in [7, 11) is 1.53. The lowest BCUT2D eigenvalue weighted by molar-refractivity contribution is -0.142. The van der Waals surface area contributed by atoms with Crippen LogP contribution in [0.4, 0.5) is 13.2 Å². The van der Waals surface area contributed by atoms with Crippen molar-refractivity contribution >= 4 is 23.5 Å². The summed E-state index contributed by atoms with van der Waals surface area (Å²) in [6.45, 7) is 1.44. The molecular weight excluding hydrogens is 395 g/mol. The van der Waals surface area contributed by atoms with Crippen LogP contribution in [0, 0.1) is 6.92 Å². The van der Waals surface area contributed by atoms with Crippen LogP contribution in [0.15, 0.2) is 40.8 Å². The fraction of sp³-hybridized carbons (Fsp3) is 0.176. The molecule has 1 amide bonds. The van der Waals surface area contributed by atoms with Crippen LogP contribution >= 0.6 is 11.3 Å². The Kier molecular flexibility index (Phi) is 5.45. The minimum Gasteiger partial charge on any atom is -0.497 e. The molecular formula is C17H14F3N5O2S. The van der Waals surface area contributed by atoms with E-state index in [2.05, 4.69) is 20.6 Å². The van der Waals surface area contributed by atoms with E-state index in [0.717, 1.165) is 17.4 Å². The lowest BCUT2D eigenvalue weighted by atomic mass is 10.2.